The van der Waals surface area contributed by atoms with E-state index in [0.29, 0.717) is 0 Å². The number of hydrogen-bond donors (Lipinski definition) is 1. The quantitative estimate of drug-likeness (QED) is 0.925. The Hall–Kier alpha value is -1.35. The van der Waals surface area contributed by atoms with Gasteiger partial charge in [0.25, 0.3) is 0 Å². The van der Waals surface area contributed by atoms with Crippen LogP contribution in [0.25, 0.3) is 10.9 Å². The largest absolute Gasteiger partial charge is 0.325 e. The van der Waals surface area contributed by atoms with E-state index < -0.39 is 0 Å². The third kappa shape index (κ3) is 2.35. The maximum absolute atomic E-state index is 6.65. The van der Waals surface area contributed by atoms with Crippen LogP contribution >= 0.6 is 0 Å². The van der Waals surface area contributed by atoms with Crippen molar-refractivity contribution in [2.45, 2.75) is 58.0 Å². The summed E-state index contributed by atoms with van der Waals surface area (Å²) in [7, 11) is 0. The van der Waals surface area contributed by atoms with Crippen LogP contribution in [0.1, 0.15) is 45.2 Å². The summed E-state index contributed by atoms with van der Waals surface area (Å²) in [5.41, 5.74) is 9.02. The van der Waals surface area contributed by atoms with Crippen molar-refractivity contribution < 1.29 is 0 Å². The van der Waals surface area contributed by atoms with Crippen LogP contribution in [0.2, 0.25) is 0 Å². The lowest BCUT2D eigenvalue weighted by Gasteiger charge is -2.23. The first-order valence-electron chi connectivity index (χ1n) is 7.88. The van der Waals surface area contributed by atoms with Gasteiger partial charge in [0.05, 0.1) is 11.2 Å². The predicted octanol–water partition coefficient (Wildman–Crippen LogP) is 3.51. The molecule has 2 N–H and O–H groups in total. The topological polar surface area (TPSA) is 43.8 Å². The summed E-state index contributed by atoms with van der Waals surface area (Å²) in [6, 6.07) is 8.52. The van der Waals surface area contributed by atoms with Crippen molar-refractivity contribution in [2.75, 3.05) is 0 Å². The molecule has 3 rings (SSSR count). The molecule has 2 unspecified atom stereocenters. The summed E-state index contributed by atoms with van der Waals surface area (Å²) in [6.45, 7) is 5.33. The molecule has 1 aromatic heterocycles. The molecule has 2 atom stereocenters. The summed E-state index contributed by atoms with van der Waals surface area (Å²) < 4.78 is 2.10. The van der Waals surface area contributed by atoms with Gasteiger partial charge in [-0.05, 0) is 38.2 Å². The van der Waals surface area contributed by atoms with Gasteiger partial charge in [0, 0.05) is 23.9 Å². The van der Waals surface area contributed by atoms with E-state index in [1.54, 1.807) is 0 Å². The fraction of sp³-hybridized carbons (Fsp3) is 0.588. The Morgan fingerprint density at radius 2 is 2.15 bits per heavy atom. The van der Waals surface area contributed by atoms with Crippen LogP contribution in [0, 0.1) is 5.92 Å². The molecule has 0 bridgehead atoms. The minimum atomic E-state index is -0.0453. The van der Waals surface area contributed by atoms with Crippen molar-refractivity contribution in [2.24, 2.45) is 11.7 Å². The van der Waals surface area contributed by atoms with Crippen molar-refractivity contribution in [3.8, 4) is 0 Å². The SMILES string of the molecule is CCC1CCC(N)(Cc2nn(CC)c3ccccc23)C1. The molecule has 1 aromatic carbocycles. The Labute approximate surface area is 121 Å². The monoisotopic (exact) mass is 271 g/mol. The van der Waals surface area contributed by atoms with E-state index in [1.807, 2.05) is 0 Å². The Bertz CT molecular complexity index is 601. The van der Waals surface area contributed by atoms with Gasteiger partial charge in [0.15, 0.2) is 0 Å². The van der Waals surface area contributed by atoms with Crippen molar-refractivity contribution in [1.29, 1.82) is 0 Å². The molecule has 1 saturated carbocycles. The zero-order valence-electron chi connectivity index (χ0n) is 12.6. The van der Waals surface area contributed by atoms with Crippen LogP contribution in [0.3, 0.4) is 0 Å². The van der Waals surface area contributed by atoms with Gasteiger partial charge >= 0.3 is 0 Å². The maximum atomic E-state index is 6.65. The number of para-hydroxylation sites is 1. The van der Waals surface area contributed by atoms with Crippen LogP contribution in [-0.4, -0.2) is 15.3 Å². The van der Waals surface area contributed by atoms with Crippen molar-refractivity contribution in [3.63, 3.8) is 0 Å². The molecular formula is C17H25N3. The average Bonchev–Trinajstić information content (AvgIpc) is 3.01. The summed E-state index contributed by atoms with van der Waals surface area (Å²) in [5, 5.41) is 6.08. The summed E-state index contributed by atoms with van der Waals surface area (Å²) in [4.78, 5) is 0. The molecule has 1 fully saturated rings. The van der Waals surface area contributed by atoms with E-state index in [4.69, 9.17) is 10.8 Å². The van der Waals surface area contributed by atoms with E-state index >= 15 is 0 Å². The number of fused-ring (bicyclic) bond motifs is 1. The second kappa shape index (κ2) is 5.21. The minimum Gasteiger partial charge on any atom is -0.325 e. The van der Waals surface area contributed by atoms with Crippen LogP contribution < -0.4 is 5.73 Å². The van der Waals surface area contributed by atoms with Gasteiger partial charge in [-0.25, -0.2) is 0 Å². The number of nitrogens with two attached hydrogens (primary N) is 1. The van der Waals surface area contributed by atoms with E-state index in [2.05, 4.69) is 42.8 Å². The smallest absolute Gasteiger partial charge is 0.0721 e. The second-order valence-corrected chi connectivity index (χ2v) is 6.34. The van der Waals surface area contributed by atoms with E-state index in [0.717, 1.165) is 31.7 Å². The molecule has 0 amide bonds. The molecule has 3 nitrogen and oxygen atoms in total. The van der Waals surface area contributed by atoms with Crippen molar-refractivity contribution >= 4 is 10.9 Å². The highest BCUT2D eigenvalue weighted by atomic mass is 15.3. The molecule has 1 heterocycles. The van der Waals surface area contributed by atoms with Gasteiger partial charge in [-0.1, -0.05) is 31.5 Å². The number of rotatable bonds is 4. The number of nitrogens with zero attached hydrogens (tertiary/aromatic N) is 2. The zero-order valence-corrected chi connectivity index (χ0v) is 12.6. The summed E-state index contributed by atoms with van der Waals surface area (Å²) >= 11 is 0. The van der Waals surface area contributed by atoms with Crippen molar-refractivity contribution in [3.05, 3.63) is 30.0 Å². The number of hydrogen-bond acceptors (Lipinski definition) is 2. The third-order valence-electron chi connectivity index (χ3n) is 4.88. The Kier molecular flexibility index (Phi) is 3.55. The van der Waals surface area contributed by atoms with Crippen LogP contribution in [0.5, 0.6) is 0 Å². The van der Waals surface area contributed by atoms with Crippen LogP contribution in [-0.2, 0) is 13.0 Å². The van der Waals surface area contributed by atoms with Crippen molar-refractivity contribution in [1.82, 2.24) is 9.78 Å². The number of aromatic nitrogens is 2. The molecule has 0 aliphatic heterocycles. The number of aryl methyl sites for hydroxylation is 1. The Morgan fingerprint density at radius 1 is 1.35 bits per heavy atom. The van der Waals surface area contributed by atoms with Crippen LogP contribution in [0.15, 0.2) is 24.3 Å². The van der Waals surface area contributed by atoms with Gasteiger partial charge in [-0.3, -0.25) is 4.68 Å². The van der Waals surface area contributed by atoms with Gasteiger partial charge < -0.3 is 5.73 Å². The highest BCUT2D eigenvalue weighted by Crippen LogP contribution is 2.37. The first kappa shape index (κ1) is 13.6. The normalized spacial score (nSPS) is 26.4. The lowest BCUT2D eigenvalue weighted by molar-refractivity contribution is 0.402. The highest BCUT2D eigenvalue weighted by molar-refractivity contribution is 5.82. The van der Waals surface area contributed by atoms with Gasteiger partial charge in [-0.2, -0.15) is 5.10 Å². The van der Waals surface area contributed by atoms with E-state index in [9.17, 15) is 0 Å². The van der Waals surface area contributed by atoms with Gasteiger partial charge in [-0.15, -0.1) is 0 Å². The fourth-order valence-electron chi connectivity index (χ4n) is 3.68. The molecule has 1 aliphatic rings. The molecule has 20 heavy (non-hydrogen) atoms. The molecule has 108 valence electrons. The lowest BCUT2D eigenvalue weighted by atomic mass is 9.90. The molecule has 0 saturated heterocycles. The third-order valence-corrected chi connectivity index (χ3v) is 4.88. The minimum absolute atomic E-state index is 0.0453. The number of benzene rings is 1. The summed E-state index contributed by atoms with van der Waals surface area (Å²) in [5.74, 6) is 0.805. The molecule has 0 radical (unpaired) electrons. The molecule has 2 aromatic rings. The van der Waals surface area contributed by atoms with Gasteiger partial charge in [0.1, 0.15) is 0 Å². The van der Waals surface area contributed by atoms with Crippen LogP contribution in [0.4, 0.5) is 0 Å². The molecule has 3 heteroatoms. The highest BCUT2D eigenvalue weighted by Gasteiger charge is 2.36. The van der Waals surface area contributed by atoms with E-state index in [1.165, 1.54) is 29.4 Å². The lowest BCUT2D eigenvalue weighted by Crippen LogP contribution is -2.39. The predicted molar refractivity (Wildman–Crippen MR) is 83.7 cm³/mol. The Morgan fingerprint density at radius 3 is 2.85 bits per heavy atom. The zero-order chi connectivity index (χ0) is 14.2. The molecular weight excluding hydrogens is 246 g/mol. The van der Waals surface area contributed by atoms with E-state index in [-0.39, 0.29) is 5.54 Å². The standard InChI is InChI=1S/C17H25N3/c1-3-13-9-10-17(18,11-13)12-15-14-7-5-6-8-16(14)20(4-2)19-15/h5-8,13H,3-4,9-12,18H2,1-2H3. The first-order valence-corrected chi connectivity index (χ1v) is 7.88. The second-order valence-electron chi connectivity index (χ2n) is 6.34. The summed E-state index contributed by atoms with van der Waals surface area (Å²) in [6.07, 6.45) is 5.73. The maximum Gasteiger partial charge on any atom is 0.0721 e. The first-order chi connectivity index (χ1) is 9.65. The Balaban J connectivity index is 1.91. The fourth-order valence-corrected chi connectivity index (χ4v) is 3.68. The van der Waals surface area contributed by atoms with Gasteiger partial charge in [0.2, 0.25) is 0 Å². The molecule has 0 spiro atoms. The molecule has 1 aliphatic carbocycles. The average molecular weight is 271 g/mol.